The summed E-state index contributed by atoms with van der Waals surface area (Å²) in [6, 6.07) is 2.94. The molecule has 0 aliphatic rings. The summed E-state index contributed by atoms with van der Waals surface area (Å²) in [4.78, 5) is 3.80. The zero-order valence-corrected chi connectivity index (χ0v) is 11.2. The lowest BCUT2D eigenvalue weighted by molar-refractivity contribution is 0.281. The number of aliphatic hydroxyl groups is 1. The van der Waals surface area contributed by atoms with Crippen molar-refractivity contribution in [1.82, 2.24) is 9.71 Å². The van der Waals surface area contributed by atoms with Gasteiger partial charge < -0.3 is 5.11 Å². The molecule has 0 unspecified atom stereocenters. The fourth-order valence-corrected chi connectivity index (χ4v) is 2.59. The summed E-state index contributed by atoms with van der Waals surface area (Å²) in [5.41, 5.74) is 0.589. The zero-order valence-electron chi connectivity index (χ0n) is 9.59. The first-order valence-corrected chi connectivity index (χ1v) is 8.02. The van der Waals surface area contributed by atoms with Gasteiger partial charge in [0.1, 0.15) is 0 Å². The molecule has 1 aromatic heterocycles. The molecule has 0 spiro atoms. The van der Waals surface area contributed by atoms with E-state index in [0.29, 0.717) is 12.1 Å². The Hall–Kier alpha value is -0.630. The molecule has 1 aromatic rings. The first-order valence-electron chi connectivity index (χ1n) is 5.14. The average Bonchev–Trinajstić information content (AvgIpc) is 2.35. The van der Waals surface area contributed by atoms with E-state index >= 15 is 0 Å². The van der Waals surface area contributed by atoms with Crippen LogP contribution in [0.15, 0.2) is 23.4 Å². The fourth-order valence-electron chi connectivity index (χ4n) is 1.16. The maximum atomic E-state index is 11.8. The van der Waals surface area contributed by atoms with Gasteiger partial charge >= 0.3 is 0 Å². The van der Waals surface area contributed by atoms with E-state index in [0.717, 1.165) is 12.2 Å². The summed E-state index contributed by atoms with van der Waals surface area (Å²) in [5.74, 6) is 0.916. The maximum absolute atomic E-state index is 11.8. The van der Waals surface area contributed by atoms with Crippen LogP contribution in [0.3, 0.4) is 0 Å². The van der Waals surface area contributed by atoms with Crippen molar-refractivity contribution in [3.05, 3.63) is 23.9 Å². The molecule has 1 rings (SSSR count). The summed E-state index contributed by atoms with van der Waals surface area (Å²) in [6.45, 7) is 0.265. The number of pyridine rings is 1. The summed E-state index contributed by atoms with van der Waals surface area (Å²) in [6.07, 6.45) is 4.12. The van der Waals surface area contributed by atoms with E-state index in [1.807, 2.05) is 6.26 Å². The minimum absolute atomic E-state index is 0.0150. The molecule has 0 bridgehead atoms. The Balaban J connectivity index is 2.62. The normalized spacial score (nSPS) is 11.6. The predicted molar refractivity (Wildman–Crippen MR) is 68.3 cm³/mol. The molecule has 17 heavy (non-hydrogen) atoms. The molecule has 1 heterocycles. The number of aromatic nitrogens is 1. The smallest absolute Gasteiger partial charge is 0.258 e. The lowest BCUT2D eigenvalue weighted by atomic mass is 10.3. The SMILES string of the molecule is CSCCCNS(=O)(=O)c1ccc(CO)cn1. The van der Waals surface area contributed by atoms with Crippen LogP contribution in [-0.4, -0.2) is 37.1 Å². The lowest BCUT2D eigenvalue weighted by Crippen LogP contribution is -2.26. The molecule has 7 heteroatoms. The number of hydrogen-bond donors (Lipinski definition) is 2. The summed E-state index contributed by atoms with van der Waals surface area (Å²) in [5, 5.41) is 8.81. The predicted octanol–water partition coefficient (Wildman–Crippen LogP) is 0.605. The molecular weight excluding hydrogens is 260 g/mol. The second kappa shape index (κ2) is 6.95. The van der Waals surface area contributed by atoms with Crippen molar-refractivity contribution in [1.29, 1.82) is 0 Å². The summed E-state index contributed by atoms with van der Waals surface area (Å²) >= 11 is 1.67. The first-order chi connectivity index (χ1) is 8.10. The van der Waals surface area contributed by atoms with E-state index < -0.39 is 10.0 Å². The quantitative estimate of drug-likeness (QED) is 0.713. The standard InChI is InChI=1S/C10H16N2O3S2/c1-16-6-2-5-12-17(14,15)10-4-3-9(8-13)7-11-10/h3-4,7,12-13H,2,5-6,8H2,1H3. The van der Waals surface area contributed by atoms with Gasteiger partial charge in [-0.25, -0.2) is 18.1 Å². The topological polar surface area (TPSA) is 79.3 Å². The molecular formula is C10H16N2O3S2. The fraction of sp³-hybridized carbons (Fsp3) is 0.500. The van der Waals surface area contributed by atoms with E-state index in [-0.39, 0.29) is 11.6 Å². The van der Waals surface area contributed by atoms with E-state index in [1.165, 1.54) is 12.3 Å². The maximum Gasteiger partial charge on any atom is 0.258 e. The highest BCUT2D eigenvalue weighted by atomic mass is 32.2. The van der Waals surface area contributed by atoms with Crippen LogP contribution in [-0.2, 0) is 16.6 Å². The van der Waals surface area contributed by atoms with Gasteiger partial charge in [0, 0.05) is 12.7 Å². The van der Waals surface area contributed by atoms with Crippen molar-refractivity contribution in [2.45, 2.75) is 18.1 Å². The Kier molecular flexibility index (Phi) is 5.90. The van der Waals surface area contributed by atoms with Crippen molar-refractivity contribution in [3.63, 3.8) is 0 Å². The van der Waals surface area contributed by atoms with Crippen molar-refractivity contribution >= 4 is 21.8 Å². The lowest BCUT2D eigenvalue weighted by Gasteiger charge is -2.05. The van der Waals surface area contributed by atoms with Gasteiger partial charge in [0.25, 0.3) is 10.0 Å². The second-order valence-electron chi connectivity index (χ2n) is 3.41. The molecule has 0 aliphatic carbocycles. The van der Waals surface area contributed by atoms with Crippen molar-refractivity contribution in [2.75, 3.05) is 18.6 Å². The summed E-state index contributed by atoms with van der Waals surface area (Å²) in [7, 11) is -3.52. The van der Waals surface area contributed by atoms with Gasteiger partial charge in [-0.2, -0.15) is 11.8 Å². The van der Waals surface area contributed by atoms with E-state index in [9.17, 15) is 8.42 Å². The van der Waals surface area contributed by atoms with Crippen LogP contribution in [0.25, 0.3) is 0 Å². The number of hydrogen-bond acceptors (Lipinski definition) is 5. The molecule has 96 valence electrons. The van der Waals surface area contributed by atoms with Crippen LogP contribution in [0.2, 0.25) is 0 Å². The Morgan fingerprint density at radius 2 is 2.24 bits per heavy atom. The van der Waals surface area contributed by atoms with Crippen molar-refractivity contribution < 1.29 is 13.5 Å². The Morgan fingerprint density at radius 1 is 1.47 bits per heavy atom. The molecule has 0 saturated heterocycles. The van der Waals surface area contributed by atoms with Gasteiger partial charge in [-0.15, -0.1) is 0 Å². The molecule has 5 nitrogen and oxygen atoms in total. The molecule has 0 aromatic carbocycles. The van der Waals surface area contributed by atoms with Crippen LogP contribution in [0.5, 0.6) is 0 Å². The molecule has 0 atom stereocenters. The molecule has 2 N–H and O–H groups in total. The Morgan fingerprint density at radius 3 is 2.76 bits per heavy atom. The zero-order chi connectivity index (χ0) is 12.7. The number of nitrogens with one attached hydrogen (secondary N) is 1. The number of sulfonamides is 1. The van der Waals surface area contributed by atoms with Gasteiger partial charge in [0.15, 0.2) is 5.03 Å². The highest BCUT2D eigenvalue weighted by molar-refractivity contribution is 7.98. The third-order valence-corrected chi connectivity index (χ3v) is 4.15. The third kappa shape index (κ3) is 4.63. The van der Waals surface area contributed by atoms with Gasteiger partial charge in [-0.1, -0.05) is 6.07 Å². The Bertz CT molecular complexity index is 431. The van der Waals surface area contributed by atoms with Gasteiger partial charge in [0.2, 0.25) is 0 Å². The van der Waals surface area contributed by atoms with E-state index in [4.69, 9.17) is 5.11 Å². The van der Waals surface area contributed by atoms with Crippen LogP contribution < -0.4 is 4.72 Å². The first kappa shape index (κ1) is 14.4. The number of nitrogens with zero attached hydrogens (tertiary/aromatic N) is 1. The molecule has 0 amide bonds. The van der Waals surface area contributed by atoms with E-state index in [1.54, 1.807) is 17.8 Å². The molecule has 0 aliphatic heterocycles. The third-order valence-electron chi connectivity index (χ3n) is 2.07. The molecule has 0 saturated carbocycles. The van der Waals surface area contributed by atoms with Gasteiger partial charge in [0.05, 0.1) is 6.61 Å². The van der Waals surface area contributed by atoms with Crippen molar-refractivity contribution in [2.24, 2.45) is 0 Å². The molecule has 0 radical (unpaired) electrons. The van der Waals surface area contributed by atoms with Gasteiger partial charge in [-0.05, 0) is 30.1 Å². The highest BCUT2D eigenvalue weighted by Gasteiger charge is 2.14. The van der Waals surface area contributed by atoms with Crippen LogP contribution >= 0.6 is 11.8 Å². The number of aliphatic hydroxyl groups excluding tert-OH is 1. The minimum atomic E-state index is -3.52. The second-order valence-corrected chi connectivity index (χ2v) is 6.11. The molecule has 0 fully saturated rings. The highest BCUT2D eigenvalue weighted by Crippen LogP contribution is 2.06. The number of thioether (sulfide) groups is 1. The summed E-state index contributed by atoms with van der Waals surface area (Å²) < 4.78 is 26.0. The largest absolute Gasteiger partial charge is 0.392 e. The minimum Gasteiger partial charge on any atom is -0.392 e. The van der Waals surface area contributed by atoms with Crippen LogP contribution in [0, 0.1) is 0 Å². The van der Waals surface area contributed by atoms with Crippen LogP contribution in [0.4, 0.5) is 0 Å². The van der Waals surface area contributed by atoms with Crippen molar-refractivity contribution in [3.8, 4) is 0 Å². The average molecular weight is 276 g/mol. The monoisotopic (exact) mass is 276 g/mol. The van der Waals surface area contributed by atoms with Crippen LogP contribution in [0.1, 0.15) is 12.0 Å². The number of rotatable bonds is 7. The van der Waals surface area contributed by atoms with Gasteiger partial charge in [-0.3, -0.25) is 0 Å². The van der Waals surface area contributed by atoms with E-state index in [2.05, 4.69) is 9.71 Å². The Labute approximate surface area is 106 Å².